The Hall–Kier alpha value is -1.12. The fraction of sp³-hybridized carbons (Fsp3) is 0.615. The molecule has 3 heteroatoms. The van der Waals surface area contributed by atoms with Crippen molar-refractivity contribution >= 4 is 0 Å². The molecular formula is C13H16FNO. The molecule has 0 aromatic carbocycles. The van der Waals surface area contributed by atoms with Gasteiger partial charge in [0.1, 0.15) is 5.82 Å². The van der Waals surface area contributed by atoms with Crippen LogP contribution in [0.5, 0.6) is 5.88 Å². The van der Waals surface area contributed by atoms with Crippen LogP contribution < -0.4 is 4.74 Å². The van der Waals surface area contributed by atoms with E-state index < -0.39 is 0 Å². The minimum Gasteiger partial charge on any atom is -0.477 e. The fourth-order valence-corrected chi connectivity index (χ4v) is 3.22. The number of hydrogen-bond donors (Lipinski definition) is 0. The summed E-state index contributed by atoms with van der Waals surface area (Å²) in [7, 11) is 0. The van der Waals surface area contributed by atoms with Gasteiger partial charge in [0.05, 0.1) is 12.8 Å². The van der Waals surface area contributed by atoms with Gasteiger partial charge in [-0.2, -0.15) is 0 Å². The third-order valence-electron chi connectivity index (χ3n) is 4.03. The molecule has 3 atom stereocenters. The second kappa shape index (κ2) is 4.04. The summed E-state index contributed by atoms with van der Waals surface area (Å²) < 4.78 is 18.3. The molecule has 1 aromatic heterocycles. The van der Waals surface area contributed by atoms with E-state index in [1.54, 1.807) is 6.07 Å². The second-order valence-electron chi connectivity index (χ2n) is 5.06. The van der Waals surface area contributed by atoms with E-state index >= 15 is 0 Å². The Balaban J connectivity index is 1.55. The summed E-state index contributed by atoms with van der Waals surface area (Å²) in [5.41, 5.74) is 0. The first-order valence-corrected chi connectivity index (χ1v) is 6.05. The van der Waals surface area contributed by atoms with Crippen LogP contribution in [0.1, 0.15) is 25.7 Å². The molecule has 2 saturated carbocycles. The number of aromatic nitrogens is 1. The molecular weight excluding hydrogens is 205 g/mol. The molecule has 2 aliphatic rings. The van der Waals surface area contributed by atoms with Crippen molar-refractivity contribution in [1.82, 2.24) is 4.98 Å². The van der Waals surface area contributed by atoms with Gasteiger partial charge in [-0.25, -0.2) is 9.37 Å². The standard InChI is InChI=1S/C13H16FNO/c14-12-3-4-13(15-7-12)16-8-11-6-9-1-2-10(11)5-9/h3-4,7,9-11H,1-2,5-6,8H2. The van der Waals surface area contributed by atoms with E-state index in [-0.39, 0.29) is 5.82 Å². The zero-order valence-corrected chi connectivity index (χ0v) is 9.23. The number of ether oxygens (including phenoxy) is 1. The number of fused-ring (bicyclic) bond motifs is 2. The summed E-state index contributed by atoms with van der Waals surface area (Å²) in [5.74, 6) is 2.74. The van der Waals surface area contributed by atoms with Crippen LogP contribution in [0.15, 0.2) is 18.3 Å². The quantitative estimate of drug-likeness (QED) is 0.782. The maximum Gasteiger partial charge on any atom is 0.213 e. The Labute approximate surface area is 94.8 Å². The fourth-order valence-electron chi connectivity index (χ4n) is 3.22. The van der Waals surface area contributed by atoms with Crippen LogP contribution in [0, 0.1) is 23.6 Å². The molecule has 16 heavy (non-hydrogen) atoms. The third-order valence-corrected chi connectivity index (χ3v) is 4.03. The van der Waals surface area contributed by atoms with Gasteiger partial charge >= 0.3 is 0 Å². The molecule has 2 nitrogen and oxygen atoms in total. The molecule has 3 unspecified atom stereocenters. The minimum atomic E-state index is -0.313. The summed E-state index contributed by atoms with van der Waals surface area (Å²) in [6.45, 7) is 0.750. The second-order valence-corrected chi connectivity index (χ2v) is 5.06. The average Bonchev–Trinajstić information content (AvgIpc) is 2.90. The first-order valence-electron chi connectivity index (χ1n) is 6.05. The molecule has 86 valence electrons. The maximum atomic E-state index is 12.6. The van der Waals surface area contributed by atoms with E-state index in [1.807, 2.05) is 0 Å². The van der Waals surface area contributed by atoms with E-state index in [1.165, 1.54) is 37.9 Å². The molecule has 3 rings (SSSR count). The third kappa shape index (κ3) is 1.91. The molecule has 2 aliphatic carbocycles. The molecule has 0 radical (unpaired) electrons. The number of hydrogen-bond acceptors (Lipinski definition) is 2. The highest BCUT2D eigenvalue weighted by molar-refractivity contribution is 5.10. The summed E-state index contributed by atoms with van der Waals surface area (Å²) >= 11 is 0. The topological polar surface area (TPSA) is 22.1 Å². The van der Waals surface area contributed by atoms with Crippen molar-refractivity contribution < 1.29 is 9.13 Å². The van der Waals surface area contributed by atoms with Gasteiger partial charge in [-0.1, -0.05) is 6.42 Å². The van der Waals surface area contributed by atoms with Gasteiger partial charge in [0.25, 0.3) is 0 Å². The Bertz CT molecular complexity index is 365. The van der Waals surface area contributed by atoms with Gasteiger partial charge in [-0.05, 0) is 43.1 Å². The molecule has 0 N–H and O–H groups in total. The molecule has 2 fully saturated rings. The Morgan fingerprint density at radius 3 is 2.88 bits per heavy atom. The van der Waals surface area contributed by atoms with Crippen LogP contribution in [0.3, 0.4) is 0 Å². The van der Waals surface area contributed by atoms with E-state index in [9.17, 15) is 4.39 Å². The monoisotopic (exact) mass is 221 g/mol. The summed E-state index contributed by atoms with van der Waals surface area (Å²) in [4.78, 5) is 3.90. The van der Waals surface area contributed by atoms with Crippen LogP contribution >= 0.6 is 0 Å². The van der Waals surface area contributed by atoms with Crippen molar-refractivity contribution in [2.75, 3.05) is 6.61 Å². The van der Waals surface area contributed by atoms with Crippen molar-refractivity contribution in [3.05, 3.63) is 24.1 Å². The SMILES string of the molecule is Fc1ccc(OCC2CC3CCC2C3)nc1. The van der Waals surface area contributed by atoms with Crippen molar-refractivity contribution in [3.8, 4) is 5.88 Å². The zero-order chi connectivity index (χ0) is 11.0. The van der Waals surface area contributed by atoms with E-state index in [2.05, 4.69) is 4.98 Å². The maximum absolute atomic E-state index is 12.6. The number of halogens is 1. The lowest BCUT2D eigenvalue weighted by molar-refractivity contribution is 0.189. The smallest absolute Gasteiger partial charge is 0.213 e. The number of nitrogens with zero attached hydrogens (tertiary/aromatic N) is 1. The van der Waals surface area contributed by atoms with Gasteiger partial charge in [-0.3, -0.25) is 0 Å². The predicted molar refractivity (Wildman–Crippen MR) is 58.6 cm³/mol. The highest BCUT2D eigenvalue weighted by Gasteiger charge is 2.39. The Morgan fingerprint density at radius 2 is 2.25 bits per heavy atom. The van der Waals surface area contributed by atoms with Gasteiger partial charge in [0, 0.05) is 6.07 Å². The van der Waals surface area contributed by atoms with Crippen LogP contribution in [0.25, 0.3) is 0 Å². The molecule has 0 saturated heterocycles. The molecule has 0 aliphatic heterocycles. The summed E-state index contributed by atoms with van der Waals surface area (Å²) in [6.07, 6.45) is 6.69. The molecule has 1 heterocycles. The summed E-state index contributed by atoms with van der Waals surface area (Å²) in [5, 5.41) is 0. The first kappa shape index (κ1) is 10.1. The lowest BCUT2D eigenvalue weighted by Crippen LogP contribution is -2.18. The lowest BCUT2D eigenvalue weighted by atomic mass is 9.90. The van der Waals surface area contributed by atoms with Gasteiger partial charge < -0.3 is 4.74 Å². The van der Waals surface area contributed by atoms with Gasteiger partial charge in [-0.15, -0.1) is 0 Å². The lowest BCUT2D eigenvalue weighted by Gasteiger charge is -2.21. The molecule has 0 amide bonds. The van der Waals surface area contributed by atoms with Crippen LogP contribution in [0.4, 0.5) is 4.39 Å². The normalized spacial score (nSPS) is 31.9. The molecule has 2 bridgehead atoms. The van der Waals surface area contributed by atoms with E-state index in [4.69, 9.17) is 4.74 Å². The highest BCUT2D eigenvalue weighted by Crippen LogP contribution is 2.48. The van der Waals surface area contributed by atoms with Gasteiger partial charge in [0.15, 0.2) is 0 Å². The van der Waals surface area contributed by atoms with Gasteiger partial charge in [0.2, 0.25) is 5.88 Å². The average molecular weight is 221 g/mol. The van der Waals surface area contributed by atoms with Crippen molar-refractivity contribution in [1.29, 1.82) is 0 Å². The first-order chi connectivity index (χ1) is 7.81. The Morgan fingerprint density at radius 1 is 1.31 bits per heavy atom. The van der Waals surface area contributed by atoms with Crippen LogP contribution in [0.2, 0.25) is 0 Å². The van der Waals surface area contributed by atoms with E-state index in [0.29, 0.717) is 11.8 Å². The Kier molecular flexibility index (Phi) is 2.54. The zero-order valence-electron chi connectivity index (χ0n) is 9.23. The highest BCUT2D eigenvalue weighted by atomic mass is 19.1. The summed E-state index contributed by atoms with van der Waals surface area (Å²) in [6, 6.07) is 2.99. The van der Waals surface area contributed by atoms with Crippen molar-refractivity contribution in [2.24, 2.45) is 17.8 Å². The molecule has 0 spiro atoms. The van der Waals surface area contributed by atoms with E-state index in [0.717, 1.165) is 18.4 Å². The largest absolute Gasteiger partial charge is 0.477 e. The van der Waals surface area contributed by atoms with Crippen molar-refractivity contribution in [2.45, 2.75) is 25.7 Å². The van der Waals surface area contributed by atoms with Crippen LogP contribution in [-0.2, 0) is 0 Å². The van der Waals surface area contributed by atoms with Crippen LogP contribution in [-0.4, -0.2) is 11.6 Å². The number of pyridine rings is 1. The minimum absolute atomic E-state index is 0.313. The number of rotatable bonds is 3. The molecule has 1 aromatic rings. The van der Waals surface area contributed by atoms with Crippen molar-refractivity contribution in [3.63, 3.8) is 0 Å². The predicted octanol–water partition coefficient (Wildman–Crippen LogP) is 3.04.